The van der Waals surface area contributed by atoms with E-state index in [0.29, 0.717) is 11.8 Å². The summed E-state index contributed by atoms with van der Waals surface area (Å²) in [5, 5.41) is 0. The van der Waals surface area contributed by atoms with Crippen LogP contribution in [0.5, 0.6) is 0 Å². The maximum absolute atomic E-state index is 3.94. The minimum Gasteiger partial charge on any atom is -0.102 e. The molecule has 0 aliphatic carbocycles. The van der Waals surface area contributed by atoms with Crippen molar-refractivity contribution in [1.29, 1.82) is 0 Å². The molecule has 0 fully saturated rings. The first-order valence-electron chi connectivity index (χ1n) is 4.07. The Morgan fingerprint density at radius 3 is 2.18 bits per heavy atom. The lowest BCUT2D eigenvalue weighted by Gasteiger charge is -2.03. The first-order valence-corrected chi connectivity index (χ1v) is 4.07. The zero-order valence-corrected chi connectivity index (χ0v) is 7.80. The molecule has 1 atom stereocenters. The molecule has 0 heteroatoms. The van der Waals surface area contributed by atoms with Gasteiger partial charge in [0, 0.05) is 0 Å². The summed E-state index contributed by atoms with van der Waals surface area (Å²) in [4.78, 5) is 0. The van der Waals surface area contributed by atoms with E-state index in [1.54, 1.807) is 0 Å². The molecule has 62 valence electrons. The van der Waals surface area contributed by atoms with Crippen LogP contribution in [-0.4, -0.2) is 0 Å². The topological polar surface area (TPSA) is 0 Å². The fourth-order valence-corrected chi connectivity index (χ4v) is 0.546. The van der Waals surface area contributed by atoms with Crippen LogP contribution in [0.15, 0.2) is 37.0 Å². The summed E-state index contributed by atoms with van der Waals surface area (Å²) in [6.45, 7) is 14.0. The van der Waals surface area contributed by atoms with Crippen molar-refractivity contribution in [2.75, 3.05) is 0 Å². The second kappa shape index (κ2) is 4.95. The largest absolute Gasteiger partial charge is 0.102 e. The Kier molecular flexibility index (Phi) is 4.60. The minimum atomic E-state index is 0.450. The van der Waals surface area contributed by atoms with Crippen molar-refractivity contribution in [3.8, 4) is 0 Å². The Balaban J connectivity index is 3.92. The third-order valence-electron chi connectivity index (χ3n) is 1.73. The van der Waals surface area contributed by atoms with Crippen molar-refractivity contribution in [2.45, 2.75) is 20.8 Å². The van der Waals surface area contributed by atoms with Crippen LogP contribution in [0.4, 0.5) is 0 Å². The van der Waals surface area contributed by atoms with Gasteiger partial charge in [0.2, 0.25) is 0 Å². The molecule has 0 aromatic heterocycles. The molecule has 0 radical (unpaired) electrons. The summed E-state index contributed by atoms with van der Waals surface area (Å²) in [5.41, 5.74) is 1.18. The van der Waals surface area contributed by atoms with Crippen molar-refractivity contribution in [2.24, 2.45) is 11.8 Å². The van der Waals surface area contributed by atoms with Gasteiger partial charge in [0.15, 0.2) is 0 Å². The van der Waals surface area contributed by atoms with E-state index in [1.165, 1.54) is 5.57 Å². The molecular formula is C11H18. The fraction of sp³-hybridized carbons (Fsp3) is 0.455. The van der Waals surface area contributed by atoms with Gasteiger partial charge in [-0.05, 0) is 11.8 Å². The second-order valence-corrected chi connectivity index (χ2v) is 3.18. The normalized spacial score (nSPS) is 13.8. The van der Waals surface area contributed by atoms with Gasteiger partial charge in [0.25, 0.3) is 0 Å². The Morgan fingerprint density at radius 1 is 1.27 bits per heavy atom. The lowest BCUT2D eigenvalue weighted by molar-refractivity contribution is 0.791. The van der Waals surface area contributed by atoms with E-state index in [2.05, 4.69) is 46.1 Å². The Labute approximate surface area is 70.3 Å². The number of hydrogen-bond acceptors (Lipinski definition) is 0. The van der Waals surface area contributed by atoms with Gasteiger partial charge in [-0.3, -0.25) is 0 Å². The molecule has 0 aliphatic heterocycles. The summed E-state index contributed by atoms with van der Waals surface area (Å²) >= 11 is 0. The molecular weight excluding hydrogens is 132 g/mol. The molecule has 1 unspecified atom stereocenters. The van der Waals surface area contributed by atoms with Gasteiger partial charge < -0.3 is 0 Å². The average molecular weight is 150 g/mol. The van der Waals surface area contributed by atoms with Crippen LogP contribution in [0.2, 0.25) is 0 Å². The standard InChI is InChI=1S/C11H18/c1-6-10(4)7-8-11(5)9(2)3/h6-10H,1,5H2,2-4H3/b8-7+. The fourth-order valence-electron chi connectivity index (χ4n) is 0.546. The maximum Gasteiger partial charge on any atom is -0.00813 e. The molecule has 0 rings (SSSR count). The van der Waals surface area contributed by atoms with Crippen LogP contribution in [0.25, 0.3) is 0 Å². The van der Waals surface area contributed by atoms with Gasteiger partial charge in [0.1, 0.15) is 0 Å². The molecule has 0 aliphatic rings. The van der Waals surface area contributed by atoms with Crippen molar-refractivity contribution < 1.29 is 0 Å². The van der Waals surface area contributed by atoms with E-state index in [0.717, 1.165) is 0 Å². The van der Waals surface area contributed by atoms with Crippen LogP contribution >= 0.6 is 0 Å². The highest BCUT2D eigenvalue weighted by atomic mass is 14.0. The average Bonchev–Trinajstić information content (AvgIpc) is 1.99. The molecule has 0 heterocycles. The van der Waals surface area contributed by atoms with E-state index in [4.69, 9.17) is 0 Å². The molecule has 0 nitrogen and oxygen atoms in total. The van der Waals surface area contributed by atoms with E-state index < -0.39 is 0 Å². The molecule has 0 spiro atoms. The van der Waals surface area contributed by atoms with Crippen molar-refractivity contribution >= 4 is 0 Å². The zero-order chi connectivity index (χ0) is 8.85. The smallest absolute Gasteiger partial charge is 0.00813 e. The van der Waals surface area contributed by atoms with Crippen LogP contribution in [0.1, 0.15) is 20.8 Å². The monoisotopic (exact) mass is 150 g/mol. The predicted molar refractivity (Wildman–Crippen MR) is 52.5 cm³/mol. The Bertz CT molecular complexity index is 161. The molecule has 0 aromatic carbocycles. The minimum absolute atomic E-state index is 0.450. The highest BCUT2D eigenvalue weighted by Gasteiger charge is 1.94. The van der Waals surface area contributed by atoms with Gasteiger partial charge in [-0.1, -0.05) is 51.2 Å². The molecule has 0 amide bonds. The van der Waals surface area contributed by atoms with E-state index in [-0.39, 0.29) is 0 Å². The Morgan fingerprint density at radius 2 is 1.82 bits per heavy atom. The summed E-state index contributed by atoms with van der Waals surface area (Å²) in [5.74, 6) is 0.994. The molecule has 0 saturated carbocycles. The number of rotatable bonds is 4. The summed E-state index contributed by atoms with van der Waals surface area (Å²) in [6, 6.07) is 0. The molecule has 0 saturated heterocycles. The van der Waals surface area contributed by atoms with Gasteiger partial charge in [-0.2, -0.15) is 0 Å². The Hall–Kier alpha value is -0.780. The summed E-state index contributed by atoms with van der Waals surface area (Å²) in [7, 11) is 0. The van der Waals surface area contributed by atoms with Crippen molar-refractivity contribution in [1.82, 2.24) is 0 Å². The molecule has 0 bridgehead atoms. The van der Waals surface area contributed by atoms with Crippen LogP contribution in [0.3, 0.4) is 0 Å². The van der Waals surface area contributed by atoms with Crippen molar-refractivity contribution in [3.63, 3.8) is 0 Å². The third kappa shape index (κ3) is 4.60. The number of allylic oxidation sites excluding steroid dienone is 4. The van der Waals surface area contributed by atoms with Gasteiger partial charge in [-0.25, -0.2) is 0 Å². The zero-order valence-electron chi connectivity index (χ0n) is 7.80. The second-order valence-electron chi connectivity index (χ2n) is 3.18. The third-order valence-corrected chi connectivity index (χ3v) is 1.73. The van der Waals surface area contributed by atoms with Gasteiger partial charge in [-0.15, -0.1) is 6.58 Å². The van der Waals surface area contributed by atoms with E-state index in [1.807, 2.05) is 6.08 Å². The van der Waals surface area contributed by atoms with Crippen LogP contribution in [-0.2, 0) is 0 Å². The van der Waals surface area contributed by atoms with E-state index in [9.17, 15) is 0 Å². The highest BCUT2D eigenvalue weighted by molar-refractivity contribution is 5.17. The first kappa shape index (κ1) is 10.2. The summed E-state index contributed by atoms with van der Waals surface area (Å²) < 4.78 is 0. The maximum atomic E-state index is 3.94. The molecule has 11 heavy (non-hydrogen) atoms. The van der Waals surface area contributed by atoms with Crippen molar-refractivity contribution in [3.05, 3.63) is 37.0 Å². The quantitative estimate of drug-likeness (QED) is 0.424. The molecule has 0 N–H and O–H groups in total. The van der Waals surface area contributed by atoms with Crippen LogP contribution < -0.4 is 0 Å². The van der Waals surface area contributed by atoms with Crippen LogP contribution in [0, 0.1) is 11.8 Å². The predicted octanol–water partition coefficient (Wildman–Crippen LogP) is 3.58. The first-order chi connectivity index (χ1) is 5.07. The molecule has 0 aromatic rings. The van der Waals surface area contributed by atoms with Gasteiger partial charge >= 0.3 is 0 Å². The SMILES string of the molecule is C=CC(C)/C=C/C(=C)C(C)C. The highest BCUT2D eigenvalue weighted by Crippen LogP contribution is 2.09. The van der Waals surface area contributed by atoms with Gasteiger partial charge in [0.05, 0.1) is 0 Å². The lowest BCUT2D eigenvalue weighted by atomic mass is 10.0. The summed E-state index contributed by atoms with van der Waals surface area (Å²) in [6.07, 6.45) is 6.12. The van der Waals surface area contributed by atoms with E-state index >= 15 is 0 Å². The number of hydrogen-bond donors (Lipinski definition) is 0. The lowest BCUT2D eigenvalue weighted by Crippen LogP contribution is -1.89.